The van der Waals surface area contributed by atoms with Gasteiger partial charge in [0, 0.05) is 18.7 Å². The Balaban J connectivity index is 2.02. The van der Waals surface area contributed by atoms with Crippen LogP contribution in [0.4, 0.5) is 5.69 Å². The van der Waals surface area contributed by atoms with Crippen LogP contribution in [0.15, 0.2) is 23.1 Å². The zero-order valence-corrected chi connectivity index (χ0v) is 15.7. The van der Waals surface area contributed by atoms with Crippen molar-refractivity contribution < 1.29 is 18.3 Å². The summed E-state index contributed by atoms with van der Waals surface area (Å²) < 4.78 is 27.6. The summed E-state index contributed by atoms with van der Waals surface area (Å²) in [5, 5.41) is 13.0. The highest BCUT2D eigenvalue weighted by Gasteiger charge is 2.24. The summed E-state index contributed by atoms with van der Waals surface area (Å²) >= 11 is 0. The maximum atomic E-state index is 12.5. The quantitative estimate of drug-likeness (QED) is 0.689. The number of amides is 1. The second-order valence-corrected chi connectivity index (χ2v) is 8.43. The summed E-state index contributed by atoms with van der Waals surface area (Å²) in [5.41, 5.74) is 1.12. The summed E-state index contributed by atoms with van der Waals surface area (Å²) in [5.74, 6) is 0.0490. The van der Waals surface area contributed by atoms with Crippen LogP contribution in [0.3, 0.4) is 0 Å². The first-order valence-corrected chi connectivity index (χ1v) is 10.4. The van der Waals surface area contributed by atoms with E-state index < -0.39 is 16.1 Å². The number of aryl methyl sites for hydroxylation is 1. The first-order chi connectivity index (χ1) is 11.8. The summed E-state index contributed by atoms with van der Waals surface area (Å²) in [4.78, 5) is 11.6. The Kier molecular flexibility index (Phi) is 6.98. The van der Waals surface area contributed by atoms with Crippen molar-refractivity contribution in [3.05, 3.63) is 23.8 Å². The van der Waals surface area contributed by atoms with E-state index in [1.165, 1.54) is 12.5 Å². The lowest BCUT2D eigenvalue weighted by molar-refractivity contribution is -0.115. The molecule has 0 spiro atoms. The predicted molar refractivity (Wildman–Crippen MR) is 97.9 cm³/mol. The molecule has 1 aromatic carbocycles. The highest BCUT2D eigenvalue weighted by molar-refractivity contribution is 7.89. The molecule has 0 saturated heterocycles. The van der Waals surface area contributed by atoms with Gasteiger partial charge in [0.2, 0.25) is 15.9 Å². The number of hydrogen-bond acceptors (Lipinski definition) is 4. The highest BCUT2D eigenvalue weighted by Crippen LogP contribution is 2.26. The van der Waals surface area contributed by atoms with Crippen LogP contribution in [0.1, 0.15) is 51.0 Å². The molecule has 6 nitrogen and oxygen atoms in total. The molecule has 0 aliphatic heterocycles. The van der Waals surface area contributed by atoms with E-state index in [1.807, 2.05) is 0 Å². The Morgan fingerprint density at radius 1 is 1.28 bits per heavy atom. The fraction of sp³-hybridized carbons (Fsp3) is 0.611. The molecular formula is C18H28N2O4S. The minimum absolute atomic E-state index is 0.0285. The molecule has 0 bridgehead atoms. The van der Waals surface area contributed by atoms with Crippen molar-refractivity contribution in [3.63, 3.8) is 0 Å². The number of benzene rings is 1. The molecule has 140 valence electrons. The van der Waals surface area contributed by atoms with Crippen LogP contribution in [0.5, 0.6) is 0 Å². The van der Waals surface area contributed by atoms with Crippen LogP contribution in [-0.4, -0.2) is 32.1 Å². The number of rotatable bonds is 7. The second kappa shape index (κ2) is 8.78. The molecule has 0 heterocycles. The molecule has 0 aromatic heterocycles. The number of carbonyl (C=O) groups is 1. The van der Waals surface area contributed by atoms with Crippen LogP contribution in [0.2, 0.25) is 0 Å². The number of nitrogens with one attached hydrogen (secondary N) is 2. The van der Waals surface area contributed by atoms with E-state index in [0.717, 1.165) is 25.7 Å². The molecule has 1 amide bonds. The van der Waals surface area contributed by atoms with Crippen molar-refractivity contribution in [2.45, 2.75) is 63.4 Å². The summed E-state index contributed by atoms with van der Waals surface area (Å²) in [6.45, 7) is 3.47. The Morgan fingerprint density at radius 3 is 2.56 bits per heavy atom. The van der Waals surface area contributed by atoms with Crippen molar-refractivity contribution >= 4 is 21.6 Å². The Hall–Kier alpha value is -1.44. The maximum Gasteiger partial charge on any atom is 0.240 e. The molecule has 7 heteroatoms. The molecule has 1 fully saturated rings. The minimum atomic E-state index is -3.70. The number of carbonyl (C=O) groups excluding carboxylic acids is 1. The number of hydrogen-bond donors (Lipinski definition) is 3. The van der Waals surface area contributed by atoms with Gasteiger partial charge in [-0.3, -0.25) is 4.79 Å². The topological polar surface area (TPSA) is 95.5 Å². The van der Waals surface area contributed by atoms with Crippen molar-refractivity contribution in [3.8, 4) is 0 Å². The number of anilines is 1. The smallest absolute Gasteiger partial charge is 0.240 e. The van der Waals surface area contributed by atoms with E-state index >= 15 is 0 Å². The van der Waals surface area contributed by atoms with Crippen molar-refractivity contribution in [2.24, 2.45) is 5.92 Å². The highest BCUT2D eigenvalue weighted by atomic mass is 32.2. The van der Waals surface area contributed by atoms with E-state index in [1.54, 1.807) is 26.0 Å². The Labute approximate surface area is 150 Å². The third kappa shape index (κ3) is 5.52. The monoisotopic (exact) mass is 368 g/mol. The Bertz CT molecular complexity index is 697. The minimum Gasteiger partial charge on any atom is -0.391 e. The van der Waals surface area contributed by atoms with Gasteiger partial charge >= 0.3 is 0 Å². The van der Waals surface area contributed by atoms with Crippen molar-refractivity contribution in [1.29, 1.82) is 0 Å². The Morgan fingerprint density at radius 2 is 1.96 bits per heavy atom. The standard InChI is InChI=1S/C18H28N2O4S/c1-3-18(22)20-15-9-10-17(13(2)11-15)25(23,24)19-12-16(21)14-7-5-4-6-8-14/h9-11,14,16,19,21H,3-8,12H2,1-2H3,(H,20,22). The van der Waals surface area contributed by atoms with Crippen LogP contribution in [0, 0.1) is 12.8 Å². The second-order valence-electron chi connectivity index (χ2n) is 6.70. The van der Waals surface area contributed by atoms with Gasteiger partial charge in [0.15, 0.2) is 0 Å². The molecular weight excluding hydrogens is 340 g/mol. The fourth-order valence-corrected chi connectivity index (χ4v) is 4.51. The zero-order chi connectivity index (χ0) is 18.4. The number of aliphatic hydroxyl groups is 1. The van der Waals surface area contributed by atoms with E-state index in [0.29, 0.717) is 17.7 Å². The van der Waals surface area contributed by atoms with Crippen LogP contribution in [-0.2, 0) is 14.8 Å². The maximum absolute atomic E-state index is 12.5. The van der Waals surface area contributed by atoms with E-state index in [9.17, 15) is 18.3 Å². The van der Waals surface area contributed by atoms with Crippen LogP contribution >= 0.6 is 0 Å². The fourth-order valence-electron chi connectivity index (χ4n) is 3.24. The van der Waals surface area contributed by atoms with E-state index in [4.69, 9.17) is 0 Å². The lowest BCUT2D eigenvalue weighted by atomic mass is 9.85. The van der Waals surface area contributed by atoms with Crippen molar-refractivity contribution in [2.75, 3.05) is 11.9 Å². The molecule has 2 rings (SSSR count). The molecule has 3 N–H and O–H groups in total. The summed E-state index contributed by atoms with van der Waals surface area (Å²) in [6.07, 6.45) is 4.99. The lowest BCUT2D eigenvalue weighted by Crippen LogP contribution is -2.37. The lowest BCUT2D eigenvalue weighted by Gasteiger charge is -2.26. The normalized spacial score (nSPS) is 17.2. The molecule has 1 atom stereocenters. The summed E-state index contributed by atoms with van der Waals surface area (Å²) in [6, 6.07) is 4.70. The zero-order valence-electron chi connectivity index (χ0n) is 14.9. The average molecular weight is 368 g/mol. The first-order valence-electron chi connectivity index (χ1n) is 8.91. The number of sulfonamides is 1. The predicted octanol–water partition coefficient (Wildman–Crippen LogP) is 2.56. The van der Waals surface area contributed by atoms with Gasteiger partial charge in [0.1, 0.15) is 0 Å². The molecule has 1 saturated carbocycles. The average Bonchev–Trinajstić information content (AvgIpc) is 2.60. The molecule has 0 radical (unpaired) electrons. The van der Waals surface area contributed by atoms with Gasteiger partial charge in [-0.2, -0.15) is 0 Å². The van der Waals surface area contributed by atoms with Crippen molar-refractivity contribution in [1.82, 2.24) is 4.72 Å². The van der Waals surface area contributed by atoms with Crippen LogP contribution in [0.25, 0.3) is 0 Å². The molecule has 1 aromatic rings. The van der Waals surface area contributed by atoms with Gasteiger partial charge in [-0.25, -0.2) is 13.1 Å². The van der Waals surface area contributed by atoms with Gasteiger partial charge in [-0.05, 0) is 49.4 Å². The van der Waals surface area contributed by atoms with Gasteiger partial charge in [-0.15, -0.1) is 0 Å². The van der Waals surface area contributed by atoms with E-state index in [2.05, 4.69) is 10.0 Å². The third-order valence-corrected chi connectivity index (χ3v) is 6.33. The molecule has 1 aliphatic rings. The molecule has 1 aliphatic carbocycles. The van der Waals surface area contributed by atoms with E-state index in [-0.39, 0.29) is 23.3 Å². The SMILES string of the molecule is CCC(=O)Nc1ccc(S(=O)(=O)NCC(O)C2CCCCC2)c(C)c1. The molecule has 1 unspecified atom stereocenters. The largest absolute Gasteiger partial charge is 0.391 e. The van der Waals surface area contributed by atoms with Gasteiger partial charge in [-0.1, -0.05) is 26.2 Å². The van der Waals surface area contributed by atoms with Gasteiger partial charge in [0.25, 0.3) is 0 Å². The van der Waals surface area contributed by atoms with Gasteiger partial charge < -0.3 is 10.4 Å². The number of aliphatic hydroxyl groups excluding tert-OH is 1. The summed E-state index contributed by atoms with van der Waals surface area (Å²) in [7, 11) is -3.70. The third-order valence-electron chi connectivity index (χ3n) is 4.75. The van der Waals surface area contributed by atoms with Crippen LogP contribution < -0.4 is 10.0 Å². The first kappa shape index (κ1) is 19.9. The molecule has 25 heavy (non-hydrogen) atoms. The van der Waals surface area contributed by atoms with Gasteiger partial charge in [0.05, 0.1) is 11.0 Å².